The molecule has 1 heterocycles. The van der Waals surface area contributed by atoms with Crippen LogP contribution in [0.25, 0.3) is 0 Å². The molecule has 118 valence electrons. The number of hydrogen-bond donors (Lipinski definition) is 1. The van der Waals surface area contributed by atoms with Gasteiger partial charge in [-0.2, -0.15) is 0 Å². The Labute approximate surface area is 128 Å². The van der Waals surface area contributed by atoms with E-state index in [0.29, 0.717) is 17.2 Å². The average Bonchev–Trinajstić information content (AvgIpc) is 2.48. The van der Waals surface area contributed by atoms with E-state index in [0.717, 1.165) is 44.6 Å². The zero-order valence-corrected chi connectivity index (χ0v) is 13.6. The Balaban J connectivity index is 2.18. The van der Waals surface area contributed by atoms with Gasteiger partial charge in [0.05, 0.1) is 16.3 Å². The lowest BCUT2D eigenvalue weighted by atomic mass is 9.93. The second-order valence-corrected chi connectivity index (χ2v) is 7.87. The Hall–Kier alpha value is -1.07. The first kappa shape index (κ1) is 16.3. The van der Waals surface area contributed by atoms with Crippen molar-refractivity contribution in [2.24, 2.45) is 11.7 Å². The van der Waals surface area contributed by atoms with Gasteiger partial charge in [0.25, 0.3) is 0 Å². The molecule has 0 radical (unpaired) electrons. The van der Waals surface area contributed by atoms with Crippen LogP contribution in [0.15, 0.2) is 29.2 Å². The van der Waals surface area contributed by atoms with E-state index in [-0.39, 0.29) is 5.75 Å². The summed E-state index contributed by atoms with van der Waals surface area (Å²) in [6, 6.07) is 7.41. The van der Waals surface area contributed by atoms with Crippen LogP contribution in [-0.4, -0.2) is 33.8 Å². The predicted octanol–water partition coefficient (Wildman–Crippen LogP) is 2.44. The van der Waals surface area contributed by atoms with Crippen molar-refractivity contribution in [2.45, 2.75) is 37.5 Å². The molecule has 5 heteroatoms. The molecule has 1 aromatic carbocycles. The second-order valence-electron chi connectivity index (χ2n) is 5.79. The van der Waals surface area contributed by atoms with Crippen LogP contribution in [0.5, 0.6) is 0 Å². The van der Waals surface area contributed by atoms with E-state index >= 15 is 0 Å². The van der Waals surface area contributed by atoms with Gasteiger partial charge in [0, 0.05) is 13.1 Å². The molecule has 1 fully saturated rings. The number of para-hydroxylation sites is 1. The minimum Gasteiger partial charge on any atom is -0.370 e. The van der Waals surface area contributed by atoms with Crippen molar-refractivity contribution < 1.29 is 8.42 Å². The molecule has 4 nitrogen and oxygen atoms in total. The maximum atomic E-state index is 12.4. The summed E-state index contributed by atoms with van der Waals surface area (Å²) in [6.45, 7) is 4.48. The quantitative estimate of drug-likeness (QED) is 0.876. The number of benzene rings is 1. The van der Waals surface area contributed by atoms with Crippen molar-refractivity contribution in [1.29, 1.82) is 0 Å². The molecule has 0 bridgehead atoms. The molecule has 1 aromatic rings. The Morgan fingerprint density at radius 3 is 2.52 bits per heavy atom. The smallest absolute Gasteiger partial charge is 0.180 e. The van der Waals surface area contributed by atoms with Crippen LogP contribution in [-0.2, 0) is 9.84 Å². The van der Waals surface area contributed by atoms with Gasteiger partial charge in [-0.25, -0.2) is 8.42 Å². The molecule has 0 aliphatic carbocycles. The zero-order chi connectivity index (χ0) is 15.3. The van der Waals surface area contributed by atoms with Crippen LogP contribution in [0.4, 0.5) is 5.69 Å². The minimum absolute atomic E-state index is 0.216. The lowest BCUT2D eigenvalue weighted by Gasteiger charge is -2.34. The van der Waals surface area contributed by atoms with Gasteiger partial charge < -0.3 is 10.6 Å². The van der Waals surface area contributed by atoms with Gasteiger partial charge in [0.1, 0.15) is 0 Å². The number of sulfone groups is 1. The largest absolute Gasteiger partial charge is 0.370 e. The van der Waals surface area contributed by atoms with Crippen molar-refractivity contribution in [3.63, 3.8) is 0 Å². The maximum Gasteiger partial charge on any atom is 0.180 e. The molecule has 1 saturated heterocycles. The Bertz CT molecular complexity index is 549. The molecule has 1 aliphatic heterocycles. The summed E-state index contributed by atoms with van der Waals surface area (Å²) in [4.78, 5) is 2.71. The lowest BCUT2D eigenvalue weighted by molar-refractivity contribution is 0.385. The fraction of sp³-hybridized carbons (Fsp3) is 0.625. The molecular formula is C16H26N2O2S. The topological polar surface area (TPSA) is 63.4 Å². The highest BCUT2D eigenvalue weighted by Crippen LogP contribution is 2.30. The highest BCUT2D eigenvalue weighted by molar-refractivity contribution is 7.91. The van der Waals surface area contributed by atoms with Gasteiger partial charge in [-0.05, 0) is 50.3 Å². The highest BCUT2D eigenvalue weighted by atomic mass is 32.2. The van der Waals surface area contributed by atoms with Gasteiger partial charge in [-0.1, -0.05) is 19.1 Å². The number of rotatable bonds is 6. The van der Waals surface area contributed by atoms with Crippen LogP contribution in [0.1, 0.15) is 32.6 Å². The third-order valence-electron chi connectivity index (χ3n) is 4.20. The van der Waals surface area contributed by atoms with Crippen LogP contribution in [0.2, 0.25) is 0 Å². The third kappa shape index (κ3) is 3.98. The average molecular weight is 310 g/mol. The van der Waals surface area contributed by atoms with Crippen molar-refractivity contribution in [3.8, 4) is 0 Å². The van der Waals surface area contributed by atoms with Crippen molar-refractivity contribution in [3.05, 3.63) is 24.3 Å². The molecule has 21 heavy (non-hydrogen) atoms. The lowest BCUT2D eigenvalue weighted by Crippen LogP contribution is -2.35. The minimum atomic E-state index is -3.18. The van der Waals surface area contributed by atoms with Gasteiger partial charge in [-0.3, -0.25) is 0 Å². The number of anilines is 1. The zero-order valence-electron chi connectivity index (χ0n) is 12.8. The predicted molar refractivity (Wildman–Crippen MR) is 87.4 cm³/mol. The van der Waals surface area contributed by atoms with Crippen molar-refractivity contribution in [2.75, 3.05) is 30.3 Å². The van der Waals surface area contributed by atoms with Gasteiger partial charge in [0.15, 0.2) is 9.84 Å². The van der Waals surface area contributed by atoms with Gasteiger partial charge in [0.2, 0.25) is 0 Å². The highest BCUT2D eigenvalue weighted by Gasteiger charge is 2.24. The second kappa shape index (κ2) is 7.27. The van der Waals surface area contributed by atoms with Crippen molar-refractivity contribution >= 4 is 15.5 Å². The summed E-state index contributed by atoms with van der Waals surface area (Å²) in [6.07, 6.45) is 3.91. The monoisotopic (exact) mass is 310 g/mol. The molecule has 0 spiro atoms. The van der Waals surface area contributed by atoms with E-state index < -0.39 is 9.84 Å². The molecule has 0 amide bonds. The number of nitrogens with zero attached hydrogens (tertiary/aromatic N) is 1. The number of piperidine rings is 1. The third-order valence-corrected chi connectivity index (χ3v) is 6.16. The van der Waals surface area contributed by atoms with Crippen LogP contribution in [0.3, 0.4) is 0 Å². The van der Waals surface area contributed by atoms with E-state index in [4.69, 9.17) is 5.73 Å². The fourth-order valence-corrected chi connectivity index (χ4v) is 4.62. The molecule has 0 aromatic heterocycles. The first-order chi connectivity index (χ1) is 10.1. The van der Waals surface area contributed by atoms with Crippen LogP contribution >= 0.6 is 0 Å². The Morgan fingerprint density at radius 1 is 1.24 bits per heavy atom. The maximum absolute atomic E-state index is 12.4. The molecule has 0 atom stereocenters. The van der Waals surface area contributed by atoms with Gasteiger partial charge in [-0.15, -0.1) is 0 Å². The first-order valence-electron chi connectivity index (χ1n) is 7.85. The van der Waals surface area contributed by atoms with Gasteiger partial charge >= 0.3 is 0 Å². The molecule has 0 saturated carbocycles. The Morgan fingerprint density at radius 2 is 1.90 bits per heavy atom. The molecule has 2 N–H and O–H groups in total. The summed E-state index contributed by atoms with van der Waals surface area (Å²) < 4.78 is 24.8. The number of hydrogen-bond acceptors (Lipinski definition) is 4. The molecule has 0 unspecified atom stereocenters. The van der Waals surface area contributed by atoms with E-state index in [1.54, 1.807) is 6.07 Å². The Kier molecular flexibility index (Phi) is 5.65. The van der Waals surface area contributed by atoms with E-state index in [1.807, 2.05) is 25.1 Å². The van der Waals surface area contributed by atoms with E-state index in [9.17, 15) is 8.42 Å². The summed E-state index contributed by atoms with van der Waals surface area (Å²) in [5.41, 5.74) is 6.50. The van der Waals surface area contributed by atoms with E-state index in [1.165, 1.54) is 0 Å². The molecule has 2 rings (SSSR count). The summed E-state index contributed by atoms with van der Waals surface area (Å²) >= 11 is 0. The van der Waals surface area contributed by atoms with E-state index in [2.05, 4.69) is 4.90 Å². The fourth-order valence-electron chi connectivity index (χ4n) is 3.06. The van der Waals surface area contributed by atoms with Crippen LogP contribution in [0, 0.1) is 5.92 Å². The number of nitrogens with two attached hydrogens (primary N) is 1. The summed E-state index contributed by atoms with van der Waals surface area (Å²) in [7, 11) is -3.18. The first-order valence-corrected chi connectivity index (χ1v) is 9.50. The standard InChI is InChI=1S/C16H26N2O2S/c1-2-13-21(19,20)16-6-4-3-5-15(16)18-11-8-14(7-10-17)9-12-18/h3-6,14H,2,7-13,17H2,1H3. The summed E-state index contributed by atoms with van der Waals surface area (Å²) in [5.74, 6) is 0.902. The normalized spacial score (nSPS) is 17.1. The molecular weight excluding hydrogens is 284 g/mol. The SMILES string of the molecule is CCCS(=O)(=O)c1ccccc1N1CCC(CCN)CC1. The molecule has 1 aliphatic rings. The summed E-state index contributed by atoms with van der Waals surface area (Å²) in [5, 5.41) is 0. The van der Waals surface area contributed by atoms with Crippen LogP contribution < -0.4 is 10.6 Å². The van der Waals surface area contributed by atoms with Crippen molar-refractivity contribution in [1.82, 2.24) is 0 Å².